The molecule has 1 aromatic carbocycles. The number of aromatic carboxylic acids is 1. The number of rotatable bonds is 5. The lowest BCUT2D eigenvalue weighted by atomic mass is 9.64. The summed E-state index contributed by atoms with van der Waals surface area (Å²) in [6, 6.07) is 7.24. The number of ether oxygens (including phenoxy) is 2. The molecule has 1 atom stereocenters. The Labute approximate surface area is 246 Å². The molecule has 1 amide bonds. The molecule has 3 heterocycles. The third-order valence-corrected chi connectivity index (χ3v) is 9.70. The molecule has 0 saturated heterocycles. The first-order chi connectivity index (χ1) is 19.9. The molecular formula is C34H38N2O6. The minimum atomic E-state index is -1.09. The number of carbonyl (C=O) groups excluding carboxylic acids is 2. The first kappa shape index (κ1) is 28.2. The van der Waals surface area contributed by atoms with Gasteiger partial charge in [0.2, 0.25) is 0 Å². The summed E-state index contributed by atoms with van der Waals surface area (Å²) in [4.78, 5) is 46.8. The van der Waals surface area contributed by atoms with Gasteiger partial charge in [0.1, 0.15) is 17.3 Å². The molecule has 220 valence electrons. The molecule has 8 heteroatoms. The minimum absolute atomic E-state index is 0.0122. The van der Waals surface area contributed by atoms with E-state index in [-0.39, 0.29) is 28.3 Å². The number of hydrogen-bond acceptors (Lipinski definition) is 6. The van der Waals surface area contributed by atoms with Crippen LogP contribution in [0.1, 0.15) is 92.4 Å². The van der Waals surface area contributed by atoms with Crippen molar-refractivity contribution in [1.82, 2.24) is 9.88 Å². The van der Waals surface area contributed by atoms with Crippen molar-refractivity contribution in [2.24, 2.45) is 5.41 Å². The number of carboxylic acid groups (broad SMARTS) is 1. The first-order valence-corrected chi connectivity index (χ1v) is 14.8. The van der Waals surface area contributed by atoms with Crippen molar-refractivity contribution < 1.29 is 29.0 Å². The topological polar surface area (TPSA) is 106 Å². The third kappa shape index (κ3) is 4.17. The number of aryl methyl sites for hydroxylation is 1. The highest BCUT2D eigenvalue weighted by Crippen LogP contribution is 2.57. The van der Waals surface area contributed by atoms with E-state index in [2.05, 4.69) is 18.8 Å². The van der Waals surface area contributed by atoms with Crippen molar-refractivity contribution in [1.29, 1.82) is 0 Å². The van der Waals surface area contributed by atoms with E-state index in [0.717, 1.165) is 36.0 Å². The summed E-state index contributed by atoms with van der Waals surface area (Å²) in [5, 5.41) is 9.73. The number of pyridine rings is 1. The highest BCUT2D eigenvalue weighted by atomic mass is 16.5. The van der Waals surface area contributed by atoms with Gasteiger partial charge in [0, 0.05) is 42.5 Å². The van der Waals surface area contributed by atoms with Crippen molar-refractivity contribution in [2.45, 2.75) is 84.6 Å². The van der Waals surface area contributed by atoms with E-state index in [4.69, 9.17) is 9.47 Å². The van der Waals surface area contributed by atoms with Crippen LogP contribution in [0.25, 0.3) is 11.3 Å². The predicted molar refractivity (Wildman–Crippen MR) is 157 cm³/mol. The van der Waals surface area contributed by atoms with Crippen LogP contribution in [-0.2, 0) is 14.3 Å². The van der Waals surface area contributed by atoms with Gasteiger partial charge >= 0.3 is 5.97 Å². The number of amides is 1. The number of aromatic nitrogens is 1. The van der Waals surface area contributed by atoms with Gasteiger partial charge in [0.15, 0.2) is 11.5 Å². The summed E-state index contributed by atoms with van der Waals surface area (Å²) < 4.78 is 12.5. The van der Waals surface area contributed by atoms with E-state index in [9.17, 15) is 19.5 Å². The summed E-state index contributed by atoms with van der Waals surface area (Å²) in [7, 11) is 1.59. The maximum atomic E-state index is 14.5. The number of ketones is 1. The Morgan fingerprint density at radius 2 is 1.79 bits per heavy atom. The smallest absolute Gasteiger partial charge is 0.354 e. The molecule has 2 aromatic rings. The van der Waals surface area contributed by atoms with Gasteiger partial charge in [0.25, 0.3) is 5.91 Å². The van der Waals surface area contributed by atoms with Gasteiger partial charge in [0.05, 0.1) is 29.8 Å². The van der Waals surface area contributed by atoms with Crippen LogP contribution in [-0.4, -0.2) is 51.8 Å². The average Bonchev–Trinajstić information content (AvgIpc) is 2.90. The monoisotopic (exact) mass is 570 g/mol. The second-order valence-corrected chi connectivity index (χ2v) is 13.0. The third-order valence-electron chi connectivity index (χ3n) is 9.70. The molecule has 0 bridgehead atoms. The Morgan fingerprint density at radius 1 is 1.07 bits per heavy atom. The molecule has 8 nitrogen and oxygen atoms in total. The quantitative estimate of drug-likeness (QED) is 0.452. The van der Waals surface area contributed by atoms with Crippen molar-refractivity contribution in [3.63, 3.8) is 0 Å². The summed E-state index contributed by atoms with van der Waals surface area (Å²) in [6.07, 6.45) is 4.54. The molecule has 1 aromatic heterocycles. The number of allylic oxidation sites excluding steroid dienone is 2. The van der Waals surface area contributed by atoms with E-state index in [1.165, 1.54) is 0 Å². The normalized spacial score (nSPS) is 22.4. The lowest BCUT2D eigenvalue weighted by Crippen LogP contribution is -2.60. The molecule has 1 saturated carbocycles. The molecule has 0 radical (unpaired) electrons. The zero-order chi connectivity index (χ0) is 30.1. The molecule has 6 rings (SSSR count). The number of Topliss-reactive ketones (excluding diaryl/α,β-unsaturated/α-hetero) is 1. The highest BCUT2D eigenvalue weighted by molar-refractivity contribution is 6.06. The zero-order valence-corrected chi connectivity index (χ0v) is 25.2. The SMILES string of the molecule is CCN1C(=O)C2=C(CC13CCC3)OC1=C(C(=O)CC(C)(C)C1)[C@H]2c1c(OC)ccc(-c2ccc(C)c(C(=O)O)n2)c1C. The standard InChI is InChI=1S/C34H38N2O6/c1-7-36-31(38)28-25(17-34(36)13-8-14-34)42-24-16-33(4,5)15-22(37)27(24)29(28)26-19(3)20(10-12-23(26)41-6)21-11-9-18(2)30(35-21)32(39)40/h9-12,29H,7-8,13-17H2,1-6H3,(H,39,40)/t29-/m1/s1. The summed E-state index contributed by atoms with van der Waals surface area (Å²) in [5.74, 6) is 0.0259. The fraction of sp³-hybridized carbons (Fsp3) is 0.471. The van der Waals surface area contributed by atoms with E-state index in [0.29, 0.717) is 65.5 Å². The van der Waals surface area contributed by atoms with Crippen LogP contribution >= 0.6 is 0 Å². The first-order valence-electron chi connectivity index (χ1n) is 14.8. The van der Waals surface area contributed by atoms with Gasteiger partial charge in [-0.05, 0) is 74.8 Å². The maximum absolute atomic E-state index is 14.5. The van der Waals surface area contributed by atoms with Gasteiger partial charge in [-0.3, -0.25) is 9.59 Å². The van der Waals surface area contributed by atoms with Crippen LogP contribution in [0.15, 0.2) is 46.9 Å². The zero-order valence-electron chi connectivity index (χ0n) is 25.2. The van der Waals surface area contributed by atoms with Crippen LogP contribution in [0.3, 0.4) is 0 Å². The van der Waals surface area contributed by atoms with E-state index in [1.54, 1.807) is 26.2 Å². The largest absolute Gasteiger partial charge is 0.496 e. The molecule has 0 unspecified atom stereocenters. The molecule has 42 heavy (non-hydrogen) atoms. The lowest BCUT2D eigenvalue weighted by Gasteiger charge is -2.55. The number of carbonyl (C=O) groups is 3. The molecular weight excluding hydrogens is 532 g/mol. The summed E-state index contributed by atoms with van der Waals surface area (Å²) in [6.45, 7) is 10.4. The van der Waals surface area contributed by atoms with Crippen LogP contribution < -0.4 is 4.74 Å². The van der Waals surface area contributed by atoms with Gasteiger partial charge in [-0.15, -0.1) is 0 Å². The van der Waals surface area contributed by atoms with Crippen molar-refractivity contribution in [3.05, 3.63) is 69.3 Å². The summed E-state index contributed by atoms with van der Waals surface area (Å²) >= 11 is 0. The second kappa shape index (κ2) is 9.82. The van der Waals surface area contributed by atoms with Crippen LogP contribution in [0.2, 0.25) is 0 Å². The molecule has 4 aliphatic rings. The van der Waals surface area contributed by atoms with Crippen molar-refractivity contribution in [2.75, 3.05) is 13.7 Å². The van der Waals surface area contributed by atoms with E-state index < -0.39 is 11.9 Å². The molecule has 1 N–H and O–H groups in total. The molecule has 1 spiro atoms. The summed E-state index contributed by atoms with van der Waals surface area (Å²) in [5.41, 5.74) is 3.84. The van der Waals surface area contributed by atoms with Crippen LogP contribution in [0.5, 0.6) is 5.75 Å². The highest BCUT2D eigenvalue weighted by Gasteiger charge is 2.55. The number of benzene rings is 1. The fourth-order valence-corrected chi connectivity index (χ4v) is 7.54. The minimum Gasteiger partial charge on any atom is -0.496 e. The number of methoxy groups -OCH3 is 1. The Balaban J connectivity index is 1.61. The van der Waals surface area contributed by atoms with Gasteiger partial charge in [-0.2, -0.15) is 0 Å². The Kier molecular flexibility index (Phi) is 6.59. The Bertz CT molecular complexity index is 1610. The van der Waals surface area contributed by atoms with Crippen molar-refractivity contribution in [3.8, 4) is 17.0 Å². The van der Waals surface area contributed by atoms with Gasteiger partial charge < -0.3 is 19.5 Å². The predicted octanol–water partition coefficient (Wildman–Crippen LogP) is 6.26. The van der Waals surface area contributed by atoms with Crippen LogP contribution in [0.4, 0.5) is 0 Å². The molecule has 1 fully saturated rings. The second-order valence-electron chi connectivity index (χ2n) is 13.0. The Hall–Kier alpha value is -3.94. The molecule has 2 aliphatic heterocycles. The number of likely N-dealkylation sites (N-methyl/N-ethyl adjacent to an activating group) is 1. The Morgan fingerprint density at radius 3 is 2.40 bits per heavy atom. The van der Waals surface area contributed by atoms with Gasteiger partial charge in [-0.25, -0.2) is 9.78 Å². The maximum Gasteiger partial charge on any atom is 0.354 e. The van der Waals surface area contributed by atoms with Gasteiger partial charge in [-0.1, -0.05) is 19.9 Å². The van der Waals surface area contributed by atoms with E-state index >= 15 is 0 Å². The number of hydrogen-bond donors (Lipinski definition) is 1. The van der Waals surface area contributed by atoms with E-state index in [1.807, 2.05) is 30.9 Å². The lowest BCUT2D eigenvalue weighted by molar-refractivity contribution is -0.141. The fourth-order valence-electron chi connectivity index (χ4n) is 7.54. The number of carboxylic acids is 1. The average molecular weight is 571 g/mol. The number of nitrogens with zero attached hydrogens (tertiary/aromatic N) is 2. The van der Waals surface area contributed by atoms with Crippen LogP contribution in [0, 0.1) is 19.3 Å². The molecule has 2 aliphatic carbocycles. The van der Waals surface area contributed by atoms with Crippen molar-refractivity contribution >= 4 is 17.7 Å².